The van der Waals surface area contributed by atoms with Crippen molar-refractivity contribution in [3.63, 3.8) is 0 Å². The lowest BCUT2D eigenvalue weighted by Crippen LogP contribution is -2.11. The van der Waals surface area contributed by atoms with E-state index in [0.717, 1.165) is 26.6 Å². The van der Waals surface area contributed by atoms with Crippen LogP contribution < -0.4 is 0 Å². The van der Waals surface area contributed by atoms with Crippen LogP contribution in [0.25, 0.3) is 10.9 Å². The Hall–Kier alpha value is -1.72. The lowest BCUT2D eigenvalue weighted by molar-refractivity contribution is 0.202. The minimum atomic E-state index is -0.801. The van der Waals surface area contributed by atoms with Gasteiger partial charge in [0, 0.05) is 11.9 Å². The number of rotatable bonds is 3. The number of para-hydroxylation sites is 1. The molecule has 0 aliphatic heterocycles. The molecular weight excluding hydrogens is 330 g/mol. The standard InChI is InChI=1S/C16H16BrN3O/c1-3-20-15(12(17)9-18-20)16(21)14-8-10(2)11-6-4-5-7-13(11)19-14/h4-9,16,21H,3H2,1-2H3. The van der Waals surface area contributed by atoms with Crippen LogP contribution in [-0.2, 0) is 6.54 Å². The molecule has 1 atom stereocenters. The molecule has 5 heteroatoms. The van der Waals surface area contributed by atoms with Crippen LogP contribution in [0.5, 0.6) is 0 Å². The Bertz CT molecular complexity index is 797. The molecule has 0 bridgehead atoms. The highest BCUT2D eigenvalue weighted by Crippen LogP contribution is 2.29. The molecule has 1 unspecified atom stereocenters. The van der Waals surface area contributed by atoms with E-state index < -0.39 is 6.10 Å². The summed E-state index contributed by atoms with van der Waals surface area (Å²) in [6, 6.07) is 9.89. The molecule has 0 radical (unpaired) electrons. The summed E-state index contributed by atoms with van der Waals surface area (Å²) in [5.74, 6) is 0. The number of halogens is 1. The van der Waals surface area contributed by atoms with Crippen LogP contribution in [-0.4, -0.2) is 19.9 Å². The number of aliphatic hydroxyl groups excluding tert-OH is 1. The normalized spacial score (nSPS) is 12.8. The number of nitrogens with zero attached hydrogens (tertiary/aromatic N) is 3. The number of pyridine rings is 1. The van der Waals surface area contributed by atoms with Crippen molar-refractivity contribution in [3.05, 3.63) is 58.0 Å². The molecule has 0 saturated carbocycles. The SMILES string of the molecule is CCn1ncc(Br)c1C(O)c1cc(C)c2ccccc2n1. The first-order valence-corrected chi connectivity index (χ1v) is 7.66. The van der Waals surface area contributed by atoms with Crippen molar-refractivity contribution < 1.29 is 5.11 Å². The minimum absolute atomic E-state index is 0.641. The summed E-state index contributed by atoms with van der Waals surface area (Å²) in [6.07, 6.45) is 0.904. The lowest BCUT2D eigenvalue weighted by Gasteiger charge is -2.14. The van der Waals surface area contributed by atoms with Gasteiger partial charge in [-0.05, 0) is 47.5 Å². The third kappa shape index (κ3) is 2.47. The van der Waals surface area contributed by atoms with Gasteiger partial charge < -0.3 is 5.11 Å². The fraction of sp³-hybridized carbons (Fsp3) is 0.250. The summed E-state index contributed by atoms with van der Waals surface area (Å²) in [5, 5.41) is 16.1. The number of hydrogen-bond donors (Lipinski definition) is 1. The zero-order valence-corrected chi connectivity index (χ0v) is 13.5. The van der Waals surface area contributed by atoms with Crippen LogP contribution in [0, 0.1) is 6.92 Å². The smallest absolute Gasteiger partial charge is 0.139 e. The predicted molar refractivity (Wildman–Crippen MR) is 86.1 cm³/mol. The average Bonchev–Trinajstić information content (AvgIpc) is 2.87. The van der Waals surface area contributed by atoms with Crippen LogP contribution in [0.4, 0.5) is 0 Å². The van der Waals surface area contributed by atoms with Gasteiger partial charge in [-0.15, -0.1) is 0 Å². The Kier molecular flexibility index (Phi) is 3.78. The van der Waals surface area contributed by atoms with E-state index in [1.54, 1.807) is 10.9 Å². The highest BCUT2D eigenvalue weighted by molar-refractivity contribution is 9.10. The molecule has 1 N–H and O–H groups in total. The van der Waals surface area contributed by atoms with E-state index in [1.165, 1.54) is 0 Å². The lowest BCUT2D eigenvalue weighted by atomic mass is 10.1. The molecule has 0 amide bonds. The van der Waals surface area contributed by atoms with Gasteiger partial charge >= 0.3 is 0 Å². The second-order valence-electron chi connectivity index (χ2n) is 4.98. The largest absolute Gasteiger partial charge is 0.380 e. The van der Waals surface area contributed by atoms with Crippen LogP contribution in [0.3, 0.4) is 0 Å². The third-order valence-corrected chi connectivity index (χ3v) is 4.23. The maximum absolute atomic E-state index is 10.7. The molecule has 21 heavy (non-hydrogen) atoms. The van der Waals surface area contributed by atoms with Crippen molar-refractivity contribution in [2.75, 3.05) is 0 Å². The van der Waals surface area contributed by atoms with Crippen molar-refractivity contribution in [2.45, 2.75) is 26.5 Å². The molecule has 2 aromatic heterocycles. The molecule has 4 nitrogen and oxygen atoms in total. The number of aromatic nitrogens is 3. The first-order valence-electron chi connectivity index (χ1n) is 6.87. The Balaban J connectivity index is 2.13. The highest BCUT2D eigenvalue weighted by Gasteiger charge is 2.21. The third-order valence-electron chi connectivity index (χ3n) is 3.61. The predicted octanol–water partition coefficient (Wildman–Crippen LogP) is 3.60. The molecular formula is C16H16BrN3O. The van der Waals surface area contributed by atoms with Gasteiger partial charge in [-0.1, -0.05) is 18.2 Å². The van der Waals surface area contributed by atoms with Crippen LogP contribution in [0.2, 0.25) is 0 Å². The maximum atomic E-state index is 10.7. The first-order chi connectivity index (χ1) is 10.1. The summed E-state index contributed by atoms with van der Waals surface area (Å²) in [4.78, 5) is 4.60. The van der Waals surface area contributed by atoms with Gasteiger partial charge in [0.15, 0.2) is 0 Å². The fourth-order valence-electron chi connectivity index (χ4n) is 2.55. The maximum Gasteiger partial charge on any atom is 0.139 e. The molecule has 108 valence electrons. The van der Waals surface area contributed by atoms with Crippen LogP contribution in [0.1, 0.15) is 30.0 Å². The summed E-state index contributed by atoms with van der Waals surface area (Å²) < 4.78 is 2.57. The van der Waals surface area contributed by atoms with Gasteiger partial charge in [-0.25, -0.2) is 4.98 Å². The minimum Gasteiger partial charge on any atom is -0.380 e. The second kappa shape index (κ2) is 5.58. The monoisotopic (exact) mass is 345 g/mol. The van der Waals surface area contributed by atoms with Gasteiger partial charge in [0.2, 0.25) is 0 Å². The quantitative estimate of drug-likeness (QED) is 0.788. The summed E-state index contributed by atoms with van der Waals surface area (Å²) in [7, 11) is 0. The fourth-order valence-corrected chi connectivity index (χ4v) is 3.06. The van der Waals surface area contributed by atoms with E-state index in [2.05, 4.69) is 26.0 Å². The summed E-state index contributed by atoms with van der Waals surface area (Å²) in [6.45, 7) is 4.73. The average molecular weight is 346 g/mol. The van der Waals surface area contributed by atoms with Gasteiger partial charge in [-0.2, -0.15) is 5.10 Å². The summed E-state index contributed by atoms with van der Waals surface area (Å²) >= 11 is 3.45. The number of benzene rings is 1. The van der Waals surface area contributed by atoms with E-state index >= 15 is 0 Å². The number of hydrogen-bond acceptors (Lipinski definition) is 3. The molecule has 1 aromatic carbocycles. The van der Waals surface area contributed by atoms with Gasteiger partial charge in [0.1, 0.15) is 6.10 Å². The highest BCUT2D eigenvalue weighted by atomic mass is 79.9. The Labute approximate surface area is 131 Å². The Morgan fingerprint density at radius 2 is 2.10 bits per heavy atom. The van der Waals surface area contributed by atoms with Crippen LogP contribution >= 0.6 is 15.9 Å². The molecule has 0 fully saturated rings. The molecule has 3 aromatic rings. The zero-order valence-electron chi connectivity index (χ0n) is 11.9. The van der Waals surface area contributed by atoms with Crippen molar-refractivity contribution in [1.29, 1.82) is 0 Å². The van der Waals surface area contributed by atoms with E-state index in [1.807, 2.05) is 44.2 Å². The van der Waals surface area contributed by atoms with Crippen molar-refractivity contribution in [2.24, 2.45) is 0 Å². The Morgan fingerprint density at radius 3 is 2.86 bits per heavy atom. The van der Waals surface area contributed by atoms with E-state index in [4.69, 9.17) is 0 Å². The first kappa shape index (κ1) is 14.2. The molecule has 2 heterocycles. The number of fused-ring (bicyclic) bond motifs is 1. The van der Waals surface area contributed by atoms with Gasteiger partial charge in [-0.3, -0.25) is 4.68 Å². The molecule has 3 rings (SSSR count). The molecule has 0 aliphatic rings. The van der Waals surface area contributed by atoms with Gasteiger partial charge in [0.05, 0.1) is 27.6 Å². The van der Waals surface area contributed by atoms with E-state index in [0.29, 0.717) is 12.2 Å². The van der Waals surface area contributed by atoms with Crippen molar-refractivity contribution in [1.82, 2.24) is 14.8 Å². The molecule has 0 aliphatic carbocycles. The molecule has 0 spiro atoms. The van der Waals surface area contributed by atoms with Crippen LogP contribution in [0.15, 0.2) is 41.0 Å². The Morgan fingerprint density at radius 1 is 1.33 bits per heavy atom. The second-order valence-corrected chi connectivity index (χ2v) is 5.83. The van der Waals surface area contributed by atoms with E-state index in [9.17, 15) is 5.11 Å². The summed E-state index contributed by atoms with van der Waals surface area (Å²) in [5.41, 5.74) is 3.38. The van der Waals surface area contributed by atoms with E-state index in [-0.39, 0.29) is 0 Å². The number of aryl methyl sites for hydroxylation is 2. The number of aliphatic hydroxyl groups is 1. The van der Waals surface area contributed by atoms with Crippen molar-refractivity contribution in [3.8, 4) is 0 Å². The molecule has 0 saturated heterocycles. The zero-order chi connectivity index (χ0) is 15.0. The van der Waals surface area contributed by atoms with Gasteiger partial charge in [0.25, 0.3) is 0 Å². The van der Waals surface area contributed by atoms with Crippen molar-refractivity contribution >= 4 is 26.8 Å². The topological polar surface area (TPSA) is 50.9 Å².